The molecule has 2 amide bonds. The lowest BCUT2D eigenvalue weighted by molar-refractivity contribution is 0.0248. The summed E-state index contributed by atoms with van der Waals surface area (Å²) in [6.07, 6.45) is -0.656. The number of hydrogen-bond donors (Lipinski definition) is 1. The number of benzene rings is 1. The molecule has 1 heterocycles. The Kier molecular flexibility index (Phi) is 3.65. The van der Waals surface area contributed by atoms with Crippen molar-refractivity contribution in [3.63, 3.8) is 0 Å². The molecule has 108 valence electrons. The van der Waals surface area contributed by atoms with Crippen molar-refractivity contribution < 1.29 is 14.3 Å². The molecule has 5 nitrogen and oxygen atoms in total. The molecule has 20 heavy (non-hydrogen) atoms. The van der Waals surface area contributed by atoms with E-state index in [1.54, 1.807) is 40.0 Å². The molecule has 0 aliphatic carbocycles. The van der Waals surface area contributed by atoms with Crippen molar-refractivity contribution in [3.05, 3.63) is 28.3 Å². The zero-order chi connectivity index (χ0) is 15.1. The molecule has 2 rings (SSSR count). The summed E-state index contributed by atoms with van der Waals surface area (Å²) >= 11 is 6.11. The topological polar surface area (TPSA) is 58.6 Å². The summed E-state index contributed by atoms with van der Waals surface area (Å²) in [6.45, 7) is 5.40. The summed E-state index contributed by atoms with van der Waals surface area (Å²) in [5.74, 6) is -0.388. The minimum Gasteiger partial charge on any atom is -0.443 e. The molecule has 0 saturated heterocycles. The molecule has 0 unspecified atom stereocenters. The Morgan fingerprint density at radius 1 is 1.40 bits per heavy atom. The smallest absolute Gasteiger partial charge is 0.417 e. The molecule has 0 atom stereocenters. The highest BCUT2D eigenvalue weighted by molar-refractivity contribution is 6.32. The van der Waals surface area contributed by atoms with Gasteiger partial charge in [0.05, 0.1) is 12.1 Å². The van der Waals surface area contributed by atoms with Crippen molar-refractivity contribution >= 4 is 29.3 Å². The van der Waals surface area contributed by atoms with Crippen LogP contribution in [-0.4, -0.2) is 29.5 Å². The molecule has 0 radical (unpaired) electrons. The molecule has 0 bridgehead atoms. The van der Waals surface area contributed by atoms with Crippen LogP contribution in [-0.2, 0) is 11.3 Å². The summed E-state index contributed by atoms with van der Waals surface area (Å²) in [5, 5.41) is 3.41. The number of hydrogen-bond acceptors (Lipinski definition) is 4. The number of carbonyl (C=O) groups excluding carboxylic acids is 2. The summed E-state index contributed by atoms with van der Waals surface area (Å²) in [5.41, 5.74) is 1.09. The van der Waals surface area contributed by atoms with Gasteiger partial charge in [0.25, 0.3) is 5.91 Å². The average Bonchev–Trinajstić information content (AvgIpc) is 2.67. The number of carbonyl (C=O) groups is 2. The fraction of sp³-hybridized carbons (Fsp3) is 0.429. The third-order valence-corrected chi connectivity index (χ3v) is 3.27. The van der Waals surface area contributed by atoms with Gasteiger partial charge in [-0.15, -0.1) is 0 Å². The Hall–Kier alpha value is -1.75. The van der Waals surface area contributed by atoms with Crippen molar-refractivity contribution in [1.29, 1.82) is 0 Å². The second kappa shape index (κ2) is 4.98. The van der Waals surface area contributed by atoms with Gasteiger partial charge in [0.2, 0.25) is 0 Å². The van der Waals surface area contributed by atoms with Gasteiger partial charge in [0.15, 0.2) is 0 Å². The monoisotopic (exact) mass is 296 g/mol. The third-order valence-electron chi connectivity index (χ3n) is 2.91. The fourth-order valence-electron chi connectivity index (χ4n) is 2.06. The summed E-state index contributed by atoms with van der Waals surface area (Å²) < 4.78 is 5.24. The molecule has 1 N–H and O–H groups in total. The van der Waals surface area contributed by atoms with Crippen molar-refractivity contribution in [3.8, 4) is 0 Å². The van der Waals surface area contributed by atoms with Crippen molar-refractivity contribution in [1.82, 2.24) is 4.90 Å². The van der Waals surface area contributed by atoms with Crippen LogP contribution in [0.2, 0.25) is 5.02 Å². The predicted octanol–water partition coefficient (Wildman–Crippen LogP) is 3.27. The van der Waals surface area contributed by atoms with E-state index in [2.05, 4.69) is 5.32 Å². The van der Waals surface area contributed by atoms with Gasteiger partial charge in [-0.2, -0.15) is 0 Å². The average molecular weight is 297 g/mol. The highest BCUT2D eigenvalue weighted by atomic mass is 35.5. The maximum atomic E-state index is 12.4. The van der Waals surface area contributed by atoms with E-state index >= 15 is 0 Å². The van der Waals surface area contributed by atoms with Crippen LogP contribution in [0.1, 0.15) is 36.7 Å². The molecule has 0 spiro atoms. The quantitative estimate of drug-likeness (QED) is 0.864. The van der Waals surface area contributed by atoms with Crippen molar-refractivity contribution in [2.45, 2.75) is 32.9 Å². The number of amides is 2. The highest BCUT2D eigenvalue weighted by Gasteiger charge is 2.37. The third kappa shape index (κ3) is 2.58. The van der Waals surface area contributed by atoms with E-state index in [0.29, 0.717) is 21.8 Å². The number of halogens is 1. The summed E-state index contributed by atoms with van der Waals surface area (Å²) in [7, 11) is 1.72. The van der Waals surface area contributed by atoms with Crippen LogP contribution in [0.25, 0.3) is 0 Å². The molecule has 1 aliphatic rings. The number of rotatable bonds is 1. The van der Waals surface area contributed by atoms with E-state index in [-0.39, 0.29) is 12.5 Å². The fourth-order valence-corrected chi connectivity index (χ4v) is 2.28. The molecule has 1 aromatic carbocycles. The van der Waals surface area contributed by atoms with E-state index in [1.807, 2.05) is 0 Å². The van der Waals surface area contributed by atoms with Crippen LogP contribution < -0.4 is 5.32 Å². The van der Waals surface area contributed by atoms with Crippen LogP contribution >= 0.6 is 11.6 Å². The van der Waals surface area contributed by atoms with Gasteiger partial charge in [-0.1, -0.05) is 11.6 Å². The Morgan fingerprint density at radius 2 is 2.05 bits per heavy atom. The van der Waals surface area contributed by atoms with Gasteiger partial charge in [-0.3, -0.25) is 4.79 Å². The zero-order valence-electron chi connectivity index (χ0n) is 11.9. The SMILES string of the molecule is CNc1ccc(Cl)c2c1C(=O)N(C(=O)OC(C)(C)C)C2. The number of fused-ring (bicyclic) bond motifs is 1. The molecular formula is C14H17ClN2O3. The van der Waals surface area contributed by atoms with Crippen LogP contribution in [0.5, 0.6) is 0 Å². The van der Waals surface area contributed by atoms with Gasteiger partial charge < -0.3 is 10.1 Å². The lowest BCUT2D eigenvalue weighted by Gasteiger charge is -2.23. The summed E-state index contributed by atoms with van der Waals surface area (Å²) in [4.78, 5) is 25.5. The van der Waals surface area contributed by atoms with Crippen LogP contribution in [0.4, 0.5) is 10.5 Å². The number of anilines is 1. The van der Waals surface area contributed by atoms with Gasteiger partial charge in [0.1, 0.15) is 5.60 Å². The molecule has 0 aromatic heterocycles. The van der Waals surface area contributed by atoms with Crippen molar-refractivity contribution in [2.24, 2.45) is 0 Å². The molecule has 1 aromatic rings. The van der Waals surface area contributed by atoms with E-state index < -0.39 is 11.7 Å². The number of imide groups is 1. The maximum absolute atomic E-state index is 12.4. The molecule has 0 fully saturated rings. The second-order valence-electron chi connectivity index (χ2n) is 5.57. The first kappa shape index (κ1) is 14.7. The number of nitrogens with zero attached hydrogens (tertiary/aromatic N) is 1. The van der Waals surface area contributed by atoms with Gasteiger partial charge in [-0.25, -0.2) is 9.69 Å². The Bertz CT molecular complexity index is 579. The molecular weight excluding hydrogens is 280 g/mol. The highest BCUT2D eigenvalue weighted by Crippen LogP contribution is 2.35. The lowest BCUT2D eigenvalue weighted by atomic mass is 10.1. The molecule has 6 heteroatoms. The first-order chi connectivity index (χ1) is 9.24. The minimum atomic E-state index is -0.656. The standard InChI is InChI=1S/C14H17ClN2O3/c1-14(2,3)20-13(19)17-7-8-9(15)5-6-10(16-4)11(8)12(17)18/h5-6,16H,7H2,1-4H3. The van der Waals surface area contributed by atoms with Crippen LogP contribution in [0.3, 0.4) is 0 Å². The minimum absolute atomic E-state index is 0.136. The van der Waals surface area contributed by atoms with E-state index in [0.717, 1.165) is 4.90 Å². The van der Waals surface area contributed by atoms with Gasteiger partial charge in [0, 0.05) is 23.3 Å². The van der Waals surface area contributed by atoms with Crippen molar-refractivity contribution in [2.75, 3.05) is 12.4 Å². The van der Waals surface area contributed by atoms with E-state index in [4.69, 9.17) is 16.3 Å². The second-order valence-corrected chi connectivity index (χ2v) is 5.98. The number of ether oxygens (including phenoxy) is 1. The number of nitrogens with one attached hydrogen (secondary N) is 1. The maximum Gasteiger partial charge on any atom is 0.417 e. The van der Waals surface area contributed by atoms with Crippen LogP contribution in [0, 0.1) is 0 Å². The van der Waals surface area contributed by atoms with E-state index in [9.17, 15) is 9.59 Å². The predicted molar refractivity (Wildman–Crippen MR) is 77.1 cm³/mol. The molecule has 1 aliphatic heterocycles. The summed E-state index contributed by atoms with van der Waals surface area (Å²) in [6, 6.07) is 3.43. The van der Waals surface area contributed by atoms with Gasteiger partial charge in [-0.05, 0) is 32.9 Å². The molecule has 0 saturated carbocycles. The largest absolute Gasteiger partial charge is 0.443 e. The first-order valence-corrected chi connectivity index (χ1v) is 6.66. The Balaban J connectivity index is 2.34. The van der Waals surface area contributed by atoms with E-state index in [1.165, 1.54) is 0 Å². The normalized spacial score (nSPS) is 14.2. The lowest BCUT2D eigenvalue weighted by Crippen LogP contribution is -2.37. The first-order valence-electron chi connectivity index (χ1n) is 6.28. The van der Waals surface area contributed by atoms with Gasteiger partial charge >= 0.3 is 6.09 Å². The Labute approximate surface area is 122 Å². The Morgan fingerprint density at radius 3 is 2.60 bits per heavy atom. The zero-order valence-corrected chi connectivity index (χ0v) is 12.7. The van der Waals surface area contributed by atoms with Crippen LogP contribution in [0.15, 0.2) is 12.1 Å².